The molecule has 0 saturated heterocycles. The standard InChI is InChI=1S/C26H28N2O3S/c1-3-16-31-22-15-14-19(17-23(22)30-2)18-27-26(32)28-25(29)24(20-10-6-4-7-11-20)21-12-8-5-9-13-21/h4-15,17,24H,3,16,18H2,1-2H3,(H2,27,28,29,32). The van der Waals surface area contributed by atoms with Crippen LogP contribution in [-0.2, 0) is 11.3 Å². The summed E-state index contributed by atoms with van der Waals surface area (Å²) < 4.78 is 11.1. The summed E-state index contributed by atoms with van der Waals surface area (Å²) >= 11 is 5.39. The van der Waals surface area contributed by atoms with E-state index in [1.807, 2.05) is 78.9 Å². The summed E-state index contributed by atoms with van der Waals surface area (Å²) in [5, 5.41) is 6.22. The SMILES string of the molecule is CCCOc1ccc(CNC(=S)NC(=O)C(c2ccccc2)c2ccccc2)cc1OC. The van der Waals surface area contributed by atoms with E-state index in [4.69, 9.17) is 21.7 Å². The fourth-order valence-electron chi connectivity index (χ4n) is 3.35. The average molecular weight is 449 g/mol. The van der Waals surface area contributed by atoms with Crippen molar-refractivity contribution in [1.82, 2.24) is 10.6 Å². The number of methoxy groups -OCH3 is 1. The lowest BCUT2D eigenvalue weighted by molar-refractivity contribution is -0.120. The molecule has 0 radical (unpaired) electrons. The molecule has 1 amide bonds. The van der Waals surface area contributed by atoms with Crippen LogP contribution in [0.5, 0.6) is 11.5 Å². The minimum Gasteiger partial charge on any atom is -0.493 e. The molecule has 5 nitrogen and oxygen atoms in total. The molecule has 0 saturated carbocycles. The maximum atomic E-state index is 13.1. The first-order valence-electron chi connectivity index (χ1n) is 10.6. The zero-order valence-electron chi connectivity index (χ0n) is 18.3. The number of ether oxygens (including phenoxy) is 2. The first-order valence-corrected chi connectivity index (χ1v) is 11.0. The van der Waals surface area contributed by atoms with Crippen molar-refractivity contribution in [2.45, 2.75) is 25.8 Å². The Labute approximate surface area is 194 Å². The Morgan fingerprint density at radius 3 is 2.12 bits per heavy atom. The van der Waals surface area contributed by atoms with Gasteiger partial charge in [-0.3, -0.25) is 4.79 Å². The molecule has 0 atom stereocenters. The Bertz CT molecular complexity index is 986. The number of carbonyl (C=O) groups is 1. The monoisotopic (exact) mass is 448 g/mol. The van der Waals surface area contributed by atoms with E-state index in [1.165, 1.54) is 0 Å². The molecule has 0 aliphatic rings. The highest BCUT2D eigenvalue weighted by Crippen LogP contribution is 2.28. The van der Waals surface area contributed by atoms with Crippen molar-refractivity contribution in [1.29, 1.82) is 0 Å². The van der Waals surface area contributed by atoms with E-state index in [-0.39, 0.29) is 11.0 Å². The van der Waals surface area contributed by atoms with Crippen LogP contribution in [0.1, 0.15) is 36.0 Å². The Hall–Kier alpha value is -3.38. The lowest BCUT2D eigenvalue weighted by atomic mass is 9.90. The Morgan fingerprint density at radius 1 is 0.938 bits per heavy atom. The van der Waals surface area contributed by atoms with Crippen LogP contribution in [0.2, 0.25) is 0 Å². The van der Waals surface area contributed by atoms with Crippen LogP contribution >= 0.6 is 12.2 Å². The van der Waals surface area contributed by atoms with Crippen molar-refractivity contribution in [3.63, 3.8) is 0 Å². The molecule has 0 aromatic heterocycles. The number of rotatable bonds is 9. The van der Waals surface area contributed by atoms with Crippen LogP contribution in [0.4, 0.5) is 0 Å². The van der Waals surface area contributed by atoms with Gasteiger partial charge in [-0.05, 0) is 47.5 Å². The molecule has 0 bridgehead atoms. The van der Waals surface area contributed by atoms with Gasteiger partial charge in [-0.2, -0.15) is 0 Å². The van der Waals surface area contributed by atoms with Crippen molar-refractivity contribution < 1.29 is 14.3 Å². The van der Waals surface area contributed by atoms with Gasteiger partial charge in [0.2, 0.25) is 5.91 Å². The predicted molar refractivity (Wildman–Crippen MR) is 131 cm³/mol. The van der Waals surface area contributed by atoms with Crippen LogP contribution in [0.25, 0.3) is 0 Å². The second kappa shape index (κ2) is 11.9. The minimum absolute atomic E-state index is 0.180. The van der Waals surface area contributed by atoms with E-state index in [1.54, 1.807) is 7.11 Å². The summed E-state index contributed by atoms with van der Waals surface area (Å²) in [6.45, 7) is 3.14. The van der Waals surface area contributed by atoms with Crippen molar-refractivity contribution in [2.75, 3.05) is 13.7 Å². The van der Waals surface area contributed by atoms with E-state index in [2.05, 4.69) is 17.6 Å². The number of carbonyl (C=O) groups excluding carboxylic acids is 1. The quantitative estimate of drug-likeness (QED) is 0.460. The third-order valence-electron chi connectivity index (χ3n) is 4.91. The summed E-state index contributed by atoms with van der Waals surface area (Å²) in [4.78, 5) is 13.1. The van der Waals surface area contributed by atoms with Crippen molar-refractivity contribution in [3.05, 3.63) is 95.6 Å². The molecule has 0 heterocycles. The highest BCUT2D eigenvalue weighted by molar-refractivity contribution is 7.80. The second-order valence-corrected chi connectivity index (χ2v) is 7.67. The predicted octanol–water partition coefficient (Wildman–Crippen LogP) is 4.81. The van der Waals surface area contributed by atoms with Crippen molar-refractivity contribution in [3.8, 4) is 11.5 Å². The van der Waals surface area contributed by atoms with Gasteiger partial charge in [0.05, 0.1) is 19.6 Å². The molecule has 6 heteroatoms. The zero-order chi connectivity index (χ0) is 22.8. The fourth-order valence-corrected chi connectivity index (χ4v) is 3.52. The normalized spacial score (nSPS) is 10.5. The zero-order valence-corrected chi connectivity index (χ0v) is 19.2. The second-order valence-electron chi connectivity index (χ2n) is 7.26. The van der Waals surface area contributed by atoms with E-state index in [0.29, 0.717) is 24.7 Å². The average Bonchev–Trinajstić information content (AvgIpc) is 2.83. The molecule has 3 aromatic rings. The molecule has 0 spiro atoms. The molecule has 0 unspecified atom stereocenters. The van der Waals surface area contributed by atoms with Gasteiger partial charge in [-0.15, -0.1) is 0 Å². The smallest absolute Gasteiger partial charge is 0.238 e. The van der Waals surface area contributed by atoms with Gasteiger partial charge in [-0.1, -0.05) is 73.7 Å². The first-order chi connectivity index (χ1) is 15.6. The highest BCUT2D eigenvalue weighted by atomic mass is 32.1. The Balaban J connectivity index is 1.65. The van der Waals surface area contributed by atoms with Gasteiger partial charge in [0.25, 0.3) is 0 Å². The molecule has 0 aliphatic heterocycles. The molecular weight excluding hydrogens is 420 g/mol. The molecule has 3 aromatic carbocycles. The minimum atomic E-state index is -0.452. The van der Waals surface area contributed by atoms with Gasteiger partial charge in [0, 0.05) is 6.54 Å². The molecule has 0 fully saturated rings. The number of benzene rings is 3. The molecule has 2 N–H and O–H groups in total. The van der Waals surface area contributed by atoms with Crippen LogP contribution < -0.4 is 20.1 Å². The Kier molecular flexibility index (Phi) is 8.63. The number of hydrogen-bond donors (Lipinski definition) is 2. The largest absolute Gasteiger partial charge is 0.493 e. The van der Waals surface area contributed by atoms with Crippen LogP contribution in [-0.4, -0.2) is 24.7 Å². The van der Waals surface area contributed by atoms with E-state index in [0.717, 1.165) is 23.1 Å². The topological polar surface area (TPSA) is 59.6 Å². The molecule has 0 aliphatic carbocycles. The summed E-state index contributed by atoms with van der Waals surface area (Å²) in [6, 6.07) is 25.1. The lowest BCUT2D eigenvalue weighted by Gasteiger charge is -2.19. The van der Waals surface area contributed by atoms with Gasteiger partial charge in [0.1, 0.15) is 0 Å². The van der Waals surface area contributed by atoms with Crippen LogP contribution in [0.15, 0.2) is 78.9 Å². The van der Waals surface area contributed by atoms with E-state index in [9.17, 15) is 4.79 Å². The van der Waals surface area contributed by atoms with Gasteiger partial charge in [-0.25, -0.2) is 0 Å². The molecule has 166 valence electrons. The first kappa shape index (κ1) is 23.3. The Morgan fingerprint density at radius 2 is 1.56 bits per heavy atom. The molecular formula is C26H28N2O3S. The van der Waals surface area contributed by atoms with Gasteiger partial charge >= 0.3 is 0 Å². The van der Waals surface area contributed by atoms with E-state index < -0.39 is 5.92 Å². The third-order valence-corrected chi connectivity index (χ3v) is 5.15. The number of thiocarbonyl (C=S) groups is 1. The number of amides is 1. The summed E-state index contributed by atoms with van der Waals surface area (Å²) in [5.41, 5.74) is 2.78. The summed E-state index contributed by atoms with van der Waals surface area (Å²) in [7, 11) is 1.61. The van der Waals surface area contributed by atoms with Gasteiger partial charge in [0.15, 0.2) is 16.6 Å². The van der Waals surface area contributed by atoms with E-state index >= 15 is 0 Å². The number of nitrogens with one attached hydrogen (secondary N) is 2. The van der Waals surface area contributed by atoms with Crippen LogP contribution in [0.3, 0.4) is 0 Å². The third kappa shape index (κ3) is 6.31. The maximum absolute atomic E-state index is 13.1. The lowest BCUT2D eigenvalue weighted by Crippen LogP contribution is -2.41. The van der Waals surface area contributed by atoms with Crippen molar-refractivity contribution in [2.24, 2.45) is 0 Å². The summed E-state index contributed by atoms with van der Waals surface area (Å²) in [6.07, 6.45) is 0.924. The molecule has 3 rings (SSSR count). The summed E-state index contributed by atoms with van der Waals surface area (Å²) in [5.74, 6) is 0.747. The highest BCUT2D eigenvalue weighted by Gasteiger charge is 2.23. The maximum Gasteiger partial charge on any atom is 0.238 e. The fraction of sp³-hybridized carbons (Fsp3) is 0.231. The van der Waals surface area contributed by atoms with Gasteiger partial charge < -0.3 is 20.1 Å². The molecule has 32 heavy (non-hydrogen) atoms. The number of hydrogen-bond acceptors (Lipinski definition) is 4. The van der Waals surface area contributed by atoms with Crippen molar-refractivity contribution >= 4 is 23.2 Å². The van der Waals surface area contributed by atoms with Crippen LogP contribution in [0, 0.1) is 0 Å².